The fourth-order valence-electron chi connectivity index (χ4n) is 2.60. The van der Waals surface area contributed by atoms with Gasteiger partial charge in [0.15, 0.2) is 5.78 Å². The van der Waals surface area contributed by atoms with Gasteiger partial charge in [0.25, 0.3) is 0 Å². The Balaban J connectivity index is 2.06. The average molecular weight is 275 g/mol. The van der Waals surface area contributed by atoms with E-state index in [1.165, 1.54) is 6.92 Å². The monoisotopic (exact) mass is 275 g/mol. The van der Waals surface area contributed by atoms with Crippen LogP contribution in [-0.4, -0.2) is 22.8 Å². The van der Waals surface area contributed by atoms with Gasteiger partial charge >= 0.3 is 5.97 Å². The molecule has 5 heteroatoms. The van der Waals surface area contributed by atoms with Crippen molar-refractivity contribution in [1.29, 1.82) is 0 Å². The Kier molecular flexibility index (Phi) is 3.38. The number of carboxylic acids is 1. The van der Waals surface area contributed by atoms with Gasteiger partial charge in [0.05, 0.1) is 11.8 Å². The minimum absolute atomic E-state index is 0.0443. The number of amides is 1. The van der Waals surface area contributed by atoms with Gasteiger partial charge < -0.3 is 10.4 Å². The number of anilines is 1. The number of rotatable bonds is 4. The highest BCUT2D eigenvalue weighted by atomic mass is 16.4. The molecule has 20 heavy (non-hydrogen) atoms. The maximum Gasteiger partial charge on any atom is 0.307 e. The van der Waals surface area contributed by atoms with E-state index in [1.54, 1.807) is 38.1 Å². The van der Waals surface area contributed by atoms with Crippen LogP contribution in [0.3, 0.4) is 0 Å². The summed E-state index contributed by atoms with van der Waals surface area (Å²) in [5.74, 6) is -2.44. The summed E-state index contributed by atoms with van der Waals surface area (Å²) in [4.78, 5) is 34.3. The van der Waals surface area contributed by atoms with Crippen LogP contribution in [-0.2, 0) is 9.59 Å². The van der Waals surface area contributed by atoms with Crippen LogP contribution in [0.1, 0.15) is 31.1 Å². The summed E-state index contributed by atoms with van der Waals surface area (Å²) >= 11 is 0. The van der Waals surface area contributed by atoms with E-state index in [1.807, 2.05) is 0 Å². The van der Waals surface area contributed by atoms with Gasteiger partial charge in [-0.05, 0) is 36.6 Å². The van der Waals surface area contributed by atoms with Crippen molar-refractivity contribution in [2.75, 3.05) is 5.32 Å². The standard InChI is InChI=1S/C15H17NO4/c1-8(17)9-4-6-10(7-5-9)16-13(18)11-12(14(19)20)15(11,2)3/h4-7,11-12H,1-3H3,(H,16,18)(H,19,20)/t11-,12+/m1/s1. The highest BCUT2D eigenvalue weighted by Crippen LogP contribution is 2.58. The summed E-state index contributed by atoms with van der Waals surface area (Å²) in [6, 6.07) is 6.54. The molecule has 0 unspecified atom stereocenters. The molecule has 0 aromatic heterocycles. The molecule has 1 amide bonds. The fourth-order valence-corrected chi connectivity index (χ4v) is 2.60. The lowest BCUT2D eigenvalue weighted by Crippen LogP contribution is -2.17. The Hall–Kier alpha value is -2.17. The first-order valence-corrected chi connectivity index (χ1v) is 6.40. The Bertz CT molecular complexity index is 574. The zero-order chi connectivity index (χ0) is 15.1. The second-order valence-corrected chi connectivity index (χ2v) is 5.74. The summed E-state index contributed by atoms with van der Waals surface area (Å²) in [5, 5.41) is 11.8. The molecule has 1 aliphatic rings. The number of hydrogen-bond donors (Lipinski definition) is 2. The van der Waals surface area contributed by atoms with Crippen LogP contribution in [0.15, 0.2) is 24.3 Å². The van der Waals surface area contributed by atoms with Crippen molar-refractivity contribution in [3.8, 4) is 0 Å². The van der Waals surface area contributed by atoms with Crippen LogP contribution in [0.2, 0.25) is 0 Å². The molecule has 0 saturated heterocycles. The van der Waals surface area contributed by atoms with Crippen molar-refractivity contribution in [2.45, 2.75) is 20.8 Å². The number of carbonyl (C=O) groups is 3. The van der Waals surface area contributed by atoms with Crippen molar-refractivity contribution in [3.63, 3.8) is 0 Å². The second kappa shape index (κ2) is 4.74. The molecule has 5 nitrogen and oxygen atoms in total. The Morgan fingerprint density at radius 1 is 1.10 bits per heavy atom. The first-order valence-electron chi connectivity index (χ1n) is 6.40. The smallest absolute Gasteiger partial charge is 0.307 e. The van der Waals surface area contributed by atoms with Crippen molar-refractivity contribution >= 4 is 23.3 Å². The van der Waals surface area contributed by atoms with Gasteiger partial charge in [0.1, 0.15) is 0 Å². The Morgan fingerprint density at radius 2 is 1.65 bits per heavy atom. The Labute approximate surface area is 117 Å². The normalized spacial score (nSPS) is 22.9. The van der Waals surface area contributed by atoms with Crippen LogP contribution in [0.25, 0.3) is 0 Å². The van der Waals surface area contributed by atoms with Gasteiger partial charge in [-0.3, -0.25) is 14.4 Å². The van der Waals surface area contributed by atoms with Crippen molar-refractivity contribution in [1.82, 2.24) is 0 Å². The molecule has 0 aliphatic heterocycles. The number of nitrogens with one attached hydrogen (secondary N) is 1. The van der Waals surface area contributed by atoms with Crippen molar-refractivity contribution in [3.05, 3.63) is 29.8 Å². The summed E-state index contributed by atoms with van der Waals surface area (Å²) in [6.07, 6.45) is 0. The predicted octanol–water partition coefficient (Wildman–Crippen LogP) is 2.18. The first-order chi connectivity index (χ1) is 9.25. The van der Waals surface area contributed by atoms with Gasteiger partial charge in [0, 0.05) is 11.3 Å². The lowest BCUT2D eigenvalue weighted by Gasteiger charge is -2.06. The second-order valence-electron chi connectivity index (χ2n) is 5.74. The molecule has 0 bridgehead atoms. The lowest BCUT2D eigenvalue weighted by molar-refractivity contribution is -0.140. The van der Waals surface area contributed by atoms with Crippen LogP contribution >= 0.6 is 0 Å². The highest BCUT2D eigenvalue weighted by molar-refractivity contribution is 6.00. The molecule has 1 aromatic rings. The number of carbonyl (C=O) groups excluding carboxylic acids is 2. The molecule has 1 aliphatic carbocycles. The minimum atomic E-state index is -0.943. The third-order valence-electron chi connectivity index (χ3n) is 3.93. The number of ketones is 1. The number of hydrogen-bond acceptors (Lipinski definition) is 3. The third-order valence-corrected chi connectivity index (χ3v) is 3.93. The van der Waals surface area contributed by atoms with Gasteiger partial charge in [-0.1, -0.05) is 13.8 Å². The quantitative estimate of drug-likeness (QED) is 0.825. The first kappa shape index (κ1) is 14.2. The molecule has 0 spiro atoms. The molecule has 1 fully saturated rings. The summed E-state index contributed by atoms with van der Waals surface area (Å²) < 4.78 is 0. The molecule has 0 heterocycles. The Morgan fingerprint density at radius 3 is 2.05 bits per heavy atom. The minimum Gasteiger partial charge on any atom is -0.481 e. The van der Waals surface area contributed by atoms with Crippen molar-refractivity contribution in [2.24, 2.45) is 17.3 Å². The van der Waals surface area contributed by atoms with E-state index in [4.69, 9.17) is 5.11 Å². The van der Waals surface area contributed by atoms with Crippen LogP contribution in [0, 0.1) is 17.3 Å². The number of carboxylic acid groups (broad SMARTS) is 1. The lowest BCUT2D eigenvalue weighted by atomic mass is 10.1. The van der Waals surface area contributed by atoms with Gasteiger partial charge in [-0.15, -0.1) is 0 Å². The molecular weight excluding hydrogens is 258 g/mol. The molecular formula is C15H17NO4. The van der Waals surface area contributed by atoms with E-state index in [2.05, 4.69) is 5.32 Å². The molecule has 2 rings (SSSR count). The van der Waals surface area contributed by atoms with E-state index in [9.17, 15) is 14.4 Å². The number of Topliss-reactive ketones (excluding diaryl/α,β-unsaturated/α-hetero) is 1. The zero-order valence-electron chi connectivity index (χ0n) is 11.6. The molecule has 1 aromatic carbocycles. The number of benzene rings is 1. The van der Waals surface area contributed by atoms with Gasteiger partial charge in [0.2, 0.25) is 5.91 Å². The summed E-state index contributed by atoms with van der Waals surface area (Å²) in [6.45, 7) is 5.02. The molecule has 1 saturated carbocycles. The molecule has 2 atom stereocenters. The van der Waals surface area contributed by atoms with Crippen molar-refractivity contribution < 1.29 is 19.5 Å². The van der Waals surface area contributed by atoms with E-state index in [0.717, 1.165) is 0 Å². The topological polar surface area (TPSA) is 83.5 Å². The van der Waals surface area contributed by atoms with Crippen LogP contribution in [0.4, 0.5) is 5.69 Å². The van der Waals surface area contributed by atoms with E-state index in [0.29, 0.717) is 11.3 Å². The van der Waals surface area contributed by atoms with E-state index >= 15 is 0 Å². The van der Waals surface area contributed by atoms with Crippen LogP contribution < -0.4 is 5.32 Å². The SMILES string of the molecule is CC(=O)c1ccc(NC(=O)[C@H]2[C@@H](C(=O)O)C2(C)C)cc1. The summed E-state index contributed by atoms with van der Waals surface area (Å²) in [7, 11) is 0. The highest BCUT2D eigenvalue weighted by Gasteiger charge is 2.65. The maximum absolute atomic E-state index is 12.1. The number of aliphatic carboxylic acids is 1. The van der Waals surface area contributed by atoms with E-state index in [-0.39, 0.29) is 11.7 Å². The largest absolute Gasteiger partial charge is 0.481 e. The average Bonchev–Trinajstić information content (AvgIpc) is 2.93. The third kappa shape index (κ3) is 2.43. The fraction of sp³-hybridized carbons (Fsp3) is 0.400. The summed E-state index contributed by atoms with van der Waals surface area (Å²) in [5.41, 5.74) is 0.611. The van der Waals surface area contributed by atoms with Gasteiger partial charge in [-0.2, -0.15) is 0 Å². The predicted molar refractivity (Wildman–Crippen MR) is 73.5 cm³/mol. The molecule has 106 valence electrons. The van der Waals surface area contributed by atoms with Crippen LogP contribution in [0.5, 0.6) is 0 Å². The van der Waals surface area contributed by atoms with E-state index < -0.39 is 23.2 Å². The maximum atomic E-state index is 12.1. The van der Waals surface area contributed by atoms with Gasteiger partial charge in [-0.25, -0.2) is 0 Å². The zero-order valence-corrected chi connectivity index (χ0v) is 11.6. The molecule has 2 N–H and O–H groups in total. The molecule has 0 radical (unpaired) electrons.